The number of rotatable bonds is 3. The van der Waals surface area contributed by atoms with Crippen LogP contribution < -0.4 is 4.74 Å². The molecule has 0 spiro atoms. The topological polar surface area (TPSA) is 26.3 Å². The molecule has 2 nitrogen and oxygen atoms in total. The van der Waals surface area contributed by atoms with Gasteiger partial charge in [-0.1, -0.05) is 25.5 Å². The lowest BCUT2D eigenvalue weighted by molar-refractivity contribution is 0.0950. The van der Waals surface area contributed by atoms with Crippen LogP contribution in [0.15, 0.2) is 18.2 Å². The average Bonchev–Trinajstić information content (AvgIpc) is 2.86. The highest BCUT2D eigenvalue weighted by molar-refractivity contribution is 6.02. The molecule has 0 aliphatic heterocycles. The molecule has 1 aliphatic carbocycles. The van der Waals surface area contributed by atoms with Crippen molar-refractivity contribution in [1.29, 1.82) is 0 Å². The van der Waals surface area contributed by atoms with Crippen LogP contribution in [0.5, 0.6) is 5.75 Å². The van der Waals surface area contributed by atoms with Crippen LogP contribution in [0.1, 0.15) is 36.2 Å². The summed E-state index contributed by atoms with van der Waals surface area (Å²) < 4.78 is 5.25. The monoisotopic (exact) mass is 218 g/mol. The SMILES string of the molecule is COc1ccc(C)cc1C(=O)C1CC1(C)C. The molecule has 0 amide bonds. The van der Waals surface area contributed by atoms with Gasteiger partial charge in [0.2, 0.25) is 0 Å². The second-order valence-electron chi connectivity index (χ2n) is 5.31. The van der Waals surface area contributed by atoms with E-state index in [0.717, 1.165) is 17.5 Å². The molecule has 16 heavy (non-hydrogen) atoms. The van der Waals surface area contributed by atoms with Gasteiger partial charge in [0.25, 0.3) is 0 Å². The summed E-state index contributed by atoms with van der Waals surface area (Å²) in [5, 5.41) is 0. The molecule has 1 aromatic carbocycles. The van der Waals surface area contributed by atoms with Crippen LogP contribution in [0.25, 0.3) is 0 Å². The molecule has 0 heterocycles. The first-order valence-corrected chi connectivity index (χ1v) is 5.64. The number of hydrogen-bond donors (Lipinski definition) is 0. The number of methoxy groups -OCH3 is 1. The number of carbonyl (C=O) groups is 1. The second-order valence-corrected chi connectivity index (χ2v) is 5.31. The summed E-state index contributed by atoms with van der Waals surface area (Å²) in [7, 11) is 1.61. The van der Waals surface area contributed by atoms with Crippen LogP contribution in [0.3, 0.4) is 0 Å². The zero-order chi connectivity index (χ0) is 11.9. The van der Waals surface area contributed by atoms with Gasteiger partial charge < -0.3 is 4.74 Å². The normalized spacial score (nSPS) is 21.6. The fraction of sp³-hybridized carbons (Fsp3) is 0.500. The minimum absolute atomic E-state index is 0.170. The van der Waals surface area contributed by atoms with Gasteiger partial charge in [0.05, 0.1) is 12.7 Å². The molecule has 0 saturated heterocycles. The maximum atomic E-state index is 12.3. The number of Topliss-reactive ketones (excluding diaryl/α,β-unsaturated/α-hetero) is 1. The lowest BCUT2D eigenvalue weighted by Gasteiger charge is -2.09. The van der Waals surface area contributed by atoms with Gasteiger partial charge >= 0.3 is 0 Å². The average molecular weight is 218 g/mol. The zero-order valence-electron chi connectivity index (χ0n) is 10.3. The Labute approximate surface area is 96.6 Å². The summed E-state index contributed by atoms with van der Waals surface area (Å²) in [6.07, 6.45) is 0.989. The Balaban J connectivity index is 2.33. The van der Waals surface area contributed by atoms with E-state index in [2.05, 4.69) is 13.8 Å². The maximum absolute atomic E-state index is 12.3. The first-order valence-electron chi connectivity index (χ1n) is 5.64. The number of aryl methyl sites for hydroxylation is 1. The van der Waals surface area contributed by atoms with E-state index in [1.54, 1.807) is 7.11 Å². The third-order valence-electron chi connectivity index (χ3n) is 3.45. The van der Waals surface area contributed by atoms with Gasteiger partial charge in [-0.25, -0.2) is 0 Å². The molecule has 1 fully saturated rings. The summed E-state index contributed by atoms with van der Waals surface area (Å²) in [5.74, 6) is 1.09. The molecule has 1 aliphatic rings. The van der Waals surface area contributed by atoms with E-state index >= 15 is 0 Å². The van der Waals surface area contributed by atoms with E-state index in [4.69, 9.17) is 4.74 Å². The Morgan fingerprint density at radius 3 is 2.56 bits per heavy atom. The molecule has 1 aromatic rings. The van der Waals surface area contributed by atoms with E-state index in [0.29, 0.717) is 5.75 Å². The molecule has 1 saturated carbocycles. The third-order valence-corrected chi connectivity index (χ3v) is 3.45. The smallest absolute Gasteiger partial charge is 0.170 e. The van der Waals surface area contributed by atoms with Crippen molar-refractivity contribution in [3.05, 3.63) is 29.3 Å². The van der Waals surface area contributed by atoms with Crippen LogP contribution in [-0.2, 0) is 0 Å². The highest BCUT2D eigenvalue weighted by atomic mass is 16.5. The Bertz CT molecular complexity index is 432. The van der Waals surface area contributed by atoms with Crippen molar-refractivity contribution in [3.8, 4) is 5.75 Å². The fourth-order valence-electron chi connectivity index (χ4n) is 2.12. The van der Waals surface area contributed by atoms with Gasteiger partial charge in [-0.15, -0.1) is 0 Å². The quantitative estimate of drug-likeness (QED) is 0.728. The Morgan fingerprint density at radius 1 is 1.44 bits per heavy atom. The minimum Gasteiger partial charge on any atom is -0.496 e. The predicted octanol–water partition coefficient (Wildman–Crippen LogP) is 3.23. The first kappa shape index (κ1) is 11.2. The van der Waals surface area contributed by atoms with E-state index in [9.17, 15) is 4.79 Å². The van der Waals surface area contributed by atoms with Crippen LogP contribution in [0.4, 0.5) is 0 Å². The molecule has 2 rings (SSSR count). The maximum Gasteiger partial charge on any atom is 0.170 e. The minimum atomic E-state index is 0.170. The molecular formula is C14H18O2. The van der Waals surface area contributed by atoms with Gasteiger partial charge in [-0.05, 0) is 30.9 Å². The molecule has 0 aromatic heterocycles. The molecule has 0 N–H and O–H groups in total. The van der Waals surface area contributed by atoms with Crippen molar-refractivity contribution in [2.24, 2.45) is 11.3 Å². The van der Waals surface area contributed by atoms with Gasteiger partial charge in [0, 0.05) is 5.92 Å². The highest BCUT2D eigenvalue weighted by Crippen LogP contribution is 2.53. The van der Waals surface area contributed by atoms with Crippen LogP contribution >= 0.6 is 0 Å². The van der Waals surface area contributed by atoms with E-state index < -0.39 is 0 Å². The van der Waals surface area contributed by atoms with Crippen LogP contribution in [-0.4, -0.2) is 12.9 Å². The fourth-order valence-corrected chi connectivity index (χ4v) is 2.12. The standard InChI is InChI=1S/C14H18O2/c1-9-5-6-12(16-4)10(7-9)13(15)11-8-14(11,2)3/h5-7,11H,8H2,1-4H3. The summed E-state index contributed by atoms with van der Waals surface area (Å²) in [4.78, 5) is 12.3. The van der Waals surface area contributed by atoms with Crippen molar-refractivity contribution in [1.82, 2.24) is 0 Å². The summed E-state index contributed by atoms with van der Waals surface area (Å²) in [5.41, 5.74) is 2.01. The number of hydrogen-bond acceptors (Lipinski definition) is 2. The highest BCUT2D eigenvalue weighted by Gasteiger charge is 2.50. The van der Waals surface area contributed by atoms with Gasteiger partial charge in [-0.2, -0.15) is 0 Å². The van der Waals surface area contributed by atoms with Crippen LogP contribution in [0.2, 0.25) is 0 Å². The summed E-state index contributed by atoms with van der Waals surface area (Å²) in [6, 6.07) is 5.77. The largest absolute Gasteiger partial charge is 0.496 e. The van der Waals surface area contributed by atoms with Crippen molar-refractivity contribution < 1.29 is 9.53 Å². The summed E-state index contributed by atoms with van der Waals surface area (Å²) >= 11 is 0. The number of benzene rings is 1. The molecule has 0 bridgehead atoms. The number of carbonyl (C=O) groups excluding carboxylic acids is 1. The molecule has 0 radical (unpaired) electrons. The Hall–Kier alpha value is -1.31. The van der Waals surface area contributed by atoms with E-state index in [1.807, 2.05) is 25.1 Å². The van der Waals surface area contributed by atoms with E-state index in [-0.39, 0.29) is 17.1 Å². The lowest BCUT2D eigenvalue weighted by atomic mass is 9.99. The third kappa shape index (κ3) is 1.84. The zero-order valence-corrected chi connectivity index (χ0v) is 10.3. The second kappa shape index (κ2) is 3.62. The van der Waals surface area contributed by atoms with Crippen LogP contribution in [0, 0.1) is 18.3 Å². The molecule has 1 atom stereocenters. The van der Waals surface area contributed by atoms with Gasteiger partial charge in [-0.3, -0.25) is 4.79 Å². The predicted molar refractivity (Wildman–Crippen MR) is 63.9 cm³/mol. The molecule has 86 valence electrons. The molecule has 1 unspecified atom stereocenters. The number of ketones is 1. The Morgan fingerprint density at radius 2 is 2.06 bits per heavy atom. The summed E-state index contributed by atoms with van der Waals surface area (Å²) in [6.45, 7) is 6.27. The molecular weight excluding hydrogens is 200 g/mol. The first-order chi connectivity index (χ1) is 7.45. The van der Waals surface area contributed by atoms with Crippen molar-refractivity contribution in [2.45, 2.75) is 27.2 Å². The number of ether oxygens (including phenoxy) is 1. The van der Waals surface area contributed by atoms with Crippen molar-refractivity contribution in [2.75, 3.05) is 7.11 Å². The van der Waals surface area contributed by atoms with E-state index in [1.165, 1.54) is 0 Å². The Kier molecular flexibility index (Phi) is 2.53. The van der Waals surface area contributed by atoms with Crippen molar-refractivity contribution >= 4 is 5.78 Å². The molecule has 2 heteroatoms. The lowest BCUT2D eigenvalue weighted by Crippen LogP contribution is -2.08. The van der Waals surface area contributed by atoms with Crippen molar-refractivity contribution in [3.63, 3.8) is 0 Å². The van der Waals surface area contributed by atoms with Gasteiger partial charge in [0.15, 0.2) is 5.78 Å². The van der Waals surface area contributed by atoms with Gasteiger partial charge in [0.1, 0.15) is 5.75 Å².